The van der Waals surface area contributed by atoms with Gasteiger partial charge in [0, 0.05) is 50.1 Å². The minimum absolute atomic E-state index is 0.188. The number of nitrogens with zero attached hydrogens (tertiary/aromatic N) is 4. The van der Waals surface area contributed by atoms with Crippen molar-refractivity contribution in [2.75, 3.05) is 37.6 Å². The molecule has 0 bridgehead atoms. The van der Waals surface area contributed by atoms with Crippen molar-refractivity contribution >= 4 is 34.2 Å². The van der Waals surface area contributed by atoms with E-state index in [1.165, 1.54) is 4.68 Å². The number of imide groups is 1. The fourth-order valence-corrected chi connectivity index (χ4v) is 4.33. The van der Waals surface area contributed by atoms with Crippen LogP contribution in [0.15, 0.2) is 29.2 Å². The first-order valence-corrected chi connectivity index (χ1v) is 11.0. The molecule has 3 heterocycles. The fourth-order valence-electron chi connectivity index (χ4n) is 4.33. The summed E-state index contributed by atoms with van der Waals surface area (Å²) in [5, 5.41) is 16.4. The van der Waals surface area contributed by atoms with Crippen LogP contribution in [0.25, 0.3) is 10.8 Å². The van der Waals surface area contributed by atoms with Crippen LogP contribution in [0.3, 0.4) is 0 Å². The molecule has 10 heteroatoms. The topological polar surface area (TPSA) is 125 Å². The van der Waals surface area contributed by atoms with Gasteiger partial charge in [-0.2, -0.15) is 5.10 Å². The lowest BCUT2D eigenvalue weighted by Gasteiger charge is -2.36. The van der Waals surface area contributed by atoms with E-state index in [9.17, 15) is 19.2 Å². The third-order valence-electron chi connectivity index (χ3n) is 6.15. The molecule has 2 aromatic rings. The predicted octanol–water partition coefficient (Wildman–Crippen LogP) is 0.751. The number of amides is 2. The average Bonchev–Trinajstić information content (AvgIpc) is 2.78. The summed E-state index contributed by atoms with van der Waals surface area (Å²) in [7, 11) is 0. The Morgan fingerprint density at radius 3 is 2.62 bits per heavy atom. The number of rotatable bonds is 7. The number of benzene rings is 1. The Morgan fingerprint density at radius 1 is 1.12 bits per heavy atom. The summed E-state index contributed by atoms with van der Waals surface area (Å²) in [4.78, 5) is 51.7. The van der Waals surface area contributed by atoms with Gasteiger partial charge in [-0.3, -0.25) is 29.4 Å². The molecule has 2 saturated heterocycles. The van der Waals surface area contributed by atoms with E-state index in [0.717, 1.165) is 44.8 Å². The number of hydrogen-bond donors (Lipinski definition) is 2. The summed E-state index contributed by atoms with van der Waals surface area (Å²) in [6, 6.07) is 4.87. The quantitative estimate of drug-likeness (QED) is 0.476. The number of carboxylic acids is 1. The summed E-state index contributed by atoms with van der Waals surface area (Å²) in [6.45, 7) is 4.42. The average molecular weight is 441 g/mol. The van der Waals surface area contributed by atoms with E-state index in [-0.39, 0.29) is 30.7 Å². The second kappa shape index (κ2) is 9.47. The van der Waals surface area contributed by atoms with Gasteiger partial charge in [-0.15, -0.1) is 0 Å². The molecular weight excluding hydrogens is 414 g/mol. The van der Waals surface area contributed by atoms with E-state index in [0.29, 0.717) is 17.2 Å². The van der Waals surface area contributed by atoms with Crippen LogP contribution in [0.5, 0.6) is 0 Å². The van der Waals surface area contributed by atoms with E-state index >= 15 is 0 Å². The van der Waals surface area contributed by atoms with Crippen molar-refractivity contribution in [1.82, 2.24) is 20.0 Å². The van der Waals surface area contributed by atoms with Gasteiger partial charge in [-0.05, 0) is 44.0 Å². The maximum Gasteiger partial charge on any atom is 0.303 e. The number of carbonyl (C=O) groups is 3. The lowest BCUT2D eigenvalue weighted by atomic mass is 10.1. The molecule has 1 unspecified atom stereocenters. The second-order valence-corrected chi connectivity index (χ2v) is 8.31. The van der Waals surface area contributed by atoms with Gasteiger partial charge in [0.25, 0.3) is 11.5 Å². The SMILES string of the molecule is O=C(O)CCCCN1CCN(c2ccc3c(=O)n(C4CCC(=O)NC4=O)ncc3c2)CC1. The van der Waals surface area contributed by atoms with Crippen molar-refractivity contribution < 1.29 is 19.5 Å². The summed E-state index contributed by atoms with van der Waals surface area (Å²) < 4.78 is 1.17. The molecule has 1 aromatic heterocycles. The van der Waals surface area contributed by atoms with Gasteiger partial charge in [0.15, 0.2) is 0 Å². The zero-order chi connectivity index (χ0) is 22.7. The minimum atomic E-state index is -0.771. The Kier molecular flexibility index (Phi) is 6.50. The lowest BCUT2D eigenvalue weighted by Crippen LogP contribution is -2.46. The Balaban J connectivity index is 1.41. The third kappa shape index (κ3) is 4.80. The molecule has 0 spiro atoms. The number of piperidine rings is 1. The first-order chi connectivity index (χ1) is 15.4. The van der Waals surface area contributed by atoms with Gasteiger partial charge in [0.05, 0.1) is 11.6 Å². The molecule has 2 amide bonds. The highest BCUT2D eigenvalue weighted by molar-refractivity contribution is 5.99. The number of hydrogen-bond acceptors (Lipinski definition) is 7. The highest BCUT2D eigenvalue weighted by Crippen LogP contribution is 2.23. The van der Waals surface area contributed by atoms with Crippen LogP contribution in [0, 0.1) is 0 Å². The molecule has 2 aliphatic rings. The highest BCUT2D eigenvalue weighted by Gasteiger charge is 2.30. The largest absolute Gasteiger partial charge is 0.481 e. The van der Waals surface area contributed by atoms with Crippen molar-refractivity contribution in [2.24, 2.45) is 0 Å². The van der Waals surface area contributed by atoms with E-state index in [2.05, 4.69) is 20.2 Å². The summed E-state index contributed by atoms with van der Waals surface area (Å²) in [5.41, 5.74) is 0.678. The minimum Gasteiger partial charge on any atom is -0.481 e. The Hall–Kier alpha value is -3.27. The zero-order valence-corrected chi connectivity index (χ0v) is 17.8. The summed E-state index contributed by atoms with van der Waals surface area (Å²) in [6.07, 6.45) is 3.85. The molecule has 0 aliphatic carbocycles. The van der Waals surface area contributed by atoms with Gasteiger partial charge in [-0.1, -0.05) is 0 Å². The number of nitrogens with one attached hydrogen (secondary N) is 1. The van der Waals surface area contributed by atoms with Gasteiger partial charge >= 0.3 is 5.97 Å². The molecule has 1 atom stereocenters. The third-order valence-corrected chi connectivity index (χ3v) is 6.15. The van der Waals surface area contributed by atoms with Crippen LogP contribution in [0.4, 0.5) is 5.69 Å². The van der Waals surface area contributed by atoms with Gasteiger partial charge in [0.2, 0.25) is 5.91 Å². The first-order valence-electron chi connectivity index (χ1n) is 11.0. The number of carbonyl (C=O) groups excluding carboxylic acids is 2. The van der Waals surface area contributed by atoms with Crippen molar-refractivity contribution in [1.29, 1.82) is 0 Å². The maximum atomic E-state index is 12.9. The molecule has 2 N–H and O–H groups in total. The van der Waals surface area contributed by atoms with E-state index in [4.69, 9.17) is 5.11 Å². The van der Waals surface area contributed by atoms with Crippen LogP contribution < -0.4 is 15.8 Å². The zero-order valence-electron chi connectivity index (χ0n) is 17.8. The van der Waals surface area contributed by atoms with Gasteiger partial charge in [0.1, 0.15) is 6.04 Å². The molecule has 10 nitrogen and oxygen atoms in total. The van der Waals surface area contributed by atoms with E-state index < -0.39 is 17.9 Å². The van der Waals surface area contributed by atoms with E-state index in [1.54, 1.807) is 12.3 Å². The van der Waals surface area contributed by atoms with Crippen molar-refractivity contribution in [3.8, 4) is 0 Å². The number of fused-ring (bicyclic) bond motifs is 1. The van der Waals surface area contributed by atoms with Crippen LogP contribution >= 0.6 is 0 Å². The van der Waals surface area contributed by atoms with Gasteiger partial charge < -0.3 is 10.0 Å². The monoisotopic (exact) mass is 441 g/mol. The smallest absolute Gasteiger partial charge is 0.303 e. The van der Waals surface area contributed by atoms with Crippen LogP contribution in [-0.4, -0.2) is 70.3 Å². The Labute approximate surface area is 184 Å². The van der Waals surface area contributed by atoms with E-state index in [1.807, 2.05) is 12.1 Å². The molecule has 1 aromatic carbocycles. The fraction of sp³-hybridized carbons (Fsp3) is 0.500. The molecule has 2 aliphatic heterocycles. The molecule has 32 heavy (non-hydrogen) atoms. The summed E-state index contributed by atoms with van der Waals surface area (Å²) in [5.74, 6) is -1.57. The predicted molar refractivity (Wildman–Crippen MR) is 118 cm³/mol. The van der Waals surface area contributed by atoms with Crippen LogP contribution in [0.2, 0.25) is 0 Å². The van der Waals surface area contributed by atoms with Crippen molar-refractivity contribution in [2.45, 2.75) is 38.1 Å². The van der Waals surface area contributed by atoms with Crippen molar-refractivity contribution in [3.05, 3.63) is 34.7 Å². The standard InChI is InChI=1S/C22H27N5O5/c28-19-7-6-18(21(31)24-19)27-22(32)17-5-4-16(13-15(17)14-23-27)26-11-9-25(10-12-26)8-2-1-3-20(29)30/h4-5,13-14,18H,1-3,6-12H2,(H,29,30)(H,24,28,31). The highest BCUT2D eigenvalue weighted by atomic mass is 16.4. The Morgan fingerprint density at radius 2 is 1.91 bits per heavy atom. The molecule has 2 fully saturated rings. The number of piperazine rings is 1. The molecule has 170 valence electrons. The lowest BCUT2D eigenvalue weighted by molar-refractivity contribution is -0.138. The number of carboxylic acid groups (broad SMARTS) is 1. The second-order valence-electron chi connectivity index (χ2n) is 8.31. The van der Waals surface area contributed by atoms with Crippen molar-refractivity contribution in [3.63, 3.8) is 0 Å². The van der Waals surface area contributed by atoms with Crippen LogP contribution in [-0.2, 0) is 14.4 Å². The number of unbranched alkanes of at least 4 members (excludes halogenated alkanes) is 1. The molecular formula is C22H27N5O5. The summed E-state index contributed by atoms with van der Waals surface area (Å²) >= 11 is 0. The molecule has 4 rings (SSSR count). The Bertz CT molecular complexity index is 1090. The number of aliphatic carboxylic acids is 1. The first kappa shape index (κ1) is 21.9. The maximum absolute atomic E-state index is 12.9. The molecule has 0 radical (unpaired) electrons. The normalized spacial score (nSPS) is 19.9. The molecule has 0 saturated carbocycles. The van der Waals surface area contributed by atoms with Crippen LogP contribution in [0.1, 0.15) is 38.1 Å². The number of anilines is 1. The van der Waals surface area contributed by atoms with Gasteiger partial charge in [-0.25, -0.2) is 4.68 Å². The number of aromatic nitrogens is 2.